The fourth-order valence-electron chi connectivity index (χ4n) is 2.69. The summed E-state index contributed by atoms with van der Waals surface area (Å²) in [4.78, 5) is 25.0. The number of ether oxygens (including phenoxy) is 1. The first kappa shape index (κ1) is 15.4. The summed E-state index contributed by atoms with van der Waals surface area (Å²) in [5.41, 5.74) is -0.247. The van der Waals surface area contributed by atoms with Crippen LogP contribution >= 0.6 is 11.8 Å². The van der Waals surface area contributed by atoms with Crippen LogP contribution in [0, 0.1) is 0 Å². The maximum atomic E-state index is 12.3. The van der Waals surface area contributed by atoms with Crippen molar-refractivity contribution in [2.45, 2.75) is 49.6 Å². The van der Waals surface area contributed by atoms with E-state index in [1.165, 1.54) is 16.7 Å². The number of urea groups is 1. The average molecular weight is 302 g/mol. The van der Waals surface area contributed by atoms with Crippen LogP contribution in [0.15, 0.2) is 0 Å². The first-order valence-electron chi connectivity index (χ1n) is 6.99. The first-order valence-corrected chi connectivity index (χ1v) is 8.03. The van der Waals surface area contributed by atoms with Gasteiger partial charge in [-0.1, -0.05) is 6.92 Å². The van der Waals surface area contributed by atoms with Gasteiger partial charge in [-0.25, -0.2) is 9.59 Å². The van der Waals surface area contributed by atoms with Crippen molar-refractivity contribution in [3.05, 3.63) is 0 Å². The third-order valence-electron chi connectivity index (χ3n) is 4.22. The van der Waals surface area contributed by atoms with Crippen LogP contribution in [0.4, 0.5) is 4.79 Å². The van der Waals surface area contributed by atoms with E-state index in [2.05, 4.69) is 5.32 Å². The van der Waals surface area contributed by atoms with E-state index in [-0.39, 0.29) is 17.0 Å². The lowest BCUT2D eigenvalue weighted by atomic mass is 9.80. The molecule has 1 aliphatic carbocycles. The molecule has 20 heavy (non-hydrogen) atoms. The van der Waals surface area contributed by atoms with E-state index in [0.29, 0.717) is 12.3 Å². The van der Waals surface area contributed by atoms with Gasteiger partial charge in [0.05, 0.1) is 11.0 Å². The Labute approximate surface area is 123 Å². The summed E-state index contributed by atoms with van der Waals surface area (Å²) in [7, 11) is 1.66. The predicted molar refractivity (Wildman–Crippen MR) is 76.8 cm³/mol. The van der Waals surface area contributed by atoms with Crippen molar-refractivity contribution in [2.75, 3.05) is 19.4 Å². The highest BCUT2D eigenvalue weighted by atomic mass is 32.2. The second-order valence-electron chi connectivity index (χ2n) is 5.36. The molecule has 2 amide bonds. The fraction of sp³-hybridized carbons (Fsp3) is 0.846. The van der Waals surface area contributed by atoms with E-state index in [1.54, 1.807) is 7.11 Å². The summed E-state index contributed by atoms with van der Waals surface area (Å²) in [6, 6.07) is -1.03. The molecule has 2 fully saturated rings. The van der Waals surface area contributed by atoms with E-state index >= 15 is 0 Å². The third kappa shape index (κ3) is 2.88. The Bertz CT molecular complexity index is 381. The molecule has 2 atom stereocenters. The smallest absolute Gasteiger partial charge is 0.327 e. The summed E-state index contributed by atoms with van der Waals surface area (Å²) in [5.74, 6) is -0.481. The normalized spacial score (nSPS) is 28.0. The molecule has 1 saturated heterocycles. The molecule has 0 bridgehead atoms. The van der Waals surface area contributed by atoms with Gasteiger partial charge in [-0.15, -0.1) is 11.8 Å². The van der Waals surface area contributed by atoms with Crippen molar-refractivity contribution in [1.82, 2.24) is 10.2 Å². The molecule has 114 valence electrons. The molecular formula is C13H22N2O4S. The standard InChI is InChI=1S/C13H22N2O4S/c1-3-10-15(9(7-20-10)11(16)17)12(18)14-8-13(19-2)5-4-6-13/h9-10H,3-8H2,1-2H3,(H,14,18)(H,16,17). The lowest BCUT2D eigenvalue weighted by molar-refractivity contribution is -0.141. The minimum Gasteiger partial charge on any atom is -0.480 e. The number of aliphatic carboxylic acids is 1. The average Bonchev–Trinajstić information content (AvgIpc) is 2.81. The maximum absolute atomic E-state index is 12.3. The van der Waals surface area contributed by atoms with Crippen molar-refractivity contribution >= 4 is 23.8 Å². The molecule has 1 heterocycles. The van der Waals surface area contributed by atoms with Crippen LogP contribution in [0.1, 0.15) is 32.6 Å². The second kappa shape index (κ2) is 6.22. The highest BCUT2D eigenvalue weighted by Gasteiger charge is 2.42. The maximum Gasteiger partial charge on any atom is 0.327 e. The zero-order valence-corrected chi connectivity index (χ0v) is 12.7. The van der Waals surface area contributed by atoms with Crippen molar-refractivity contribution < 1.29 is 19.4 Å². The molecular weight excluding hydrogens is 280 g/mol. The van der Waals surface area contributed by atoms with Crippen molar-refractivity contribution in [3.8, 4) is 0 Å². The molecule has 2 aliphatic rings. The summed E-state index contributed by atoms with van der Waals surface area (Å²) in [6.07, 6.45) is 3.74. The van der Waals surface area contributed by atoms with Gasteiger partial charge in [0.1, 0.15) is 6.04 Å². The van der Waals surface area contributed by atoms with Gasteiger partial charge in [-0.05, 0) is 25.7 Å². The molecule has 2 N–H and O–H groups in total. The third-order valence-corrected chi connectivity index (χ3v) is 5.67. The van der Waals surface area contributed by atoms with Crippen LogP contribution in [0.5, 0.6) is 0 Å². The van der Waals surface area contributed by atoms with Crippen LogP contribution in [0.25, 0.3) is 0 Å². The number of carbonyl (C=O) groups excluding carboxylic acids is 1. The first-order chi connectivity index (χ1) is 9.53. The highest BCUT2D eigenvalue weighted by Crippen LogP contribution is 2.35. The monoisotopic (exact) mass is 302 g/mol. The lowest BCUT2D eigenvalue weighted by Crippen LogP contribution is -2.55. The van der Waals surface area contributed by atoms with Gasteiger partial charge in [-0.2, -0.15) is 0 Å². The molecule has 1 aliphatic heterocycles. The number of thioether (sulfide) groups is 1. The van der Waals surface area contributed by atoms with Gasteiger partial charge >= 0.3 is 12.0 Å². The molecule has 7 heteroatoms. The summed E-state index contributed by atoms with van der Waals surface area (Å²) < 4.78 is 5.46. The van der Waals surface area contributed by atoms with E-state index in [4.69, 9.17) is 4.74 Å². The lowest BCUT2D eigenvalue weighted by Gasteiger charge is -2.41. The Morgan fingerprint density at radius 3 is 2.65 bits per heavy atom. The molecule has 2 unspecified atom stereocenters. The summed E-state index contributed by atoms with van der Waals surface area (Å²) >= 11 is 1.53. The van der Waals surface area contributed by atoms with Crippen molar-refractivity contribution in [3.63, 3.8) is 0 Å². The van der Waals surface area contributed by atoms with Crippen LogP contribution < -0.4 is 5.32 Å². The number of hydrogen-bond acceptors (Lipinski definition) is 4. The van der Waals surface area contributed by atoms with Crippen molar-refractivity contribution in [1.29, 1.82) is 0 Å². The molecule has 1 saturated carbocycles. The van der Waals surface area contributed by atoms with Crippen LogP contribution in [-0.4, -0.2) is 58.4 Å². The second-order valence-corrected chi connectivity index (χ2v) is 6.57. The van der Waals surface area contributed by atoms with Gasteiger partial charge in [0.25, 0.3) is 0 Å². The number of carboxylic acid groups (broad SMARTS) is 1. The van der Waals surface area contributed by atoms with E-state index < -0.39 is 12.0 Å². The van der Waals surface area contributed by atoms with E-state index in [1.807, 2.05) is 6.92 Å². The Hall–Kier alpha value is -0.950. The number of nitrogens with zero attached hydrogens (tertiary/aromatic N) is 1. The summed E-state index contributed by atoms with van der Waals surface area (Å²) in [5, 5.41) is 12.0. The quantitative estimate of drug-likeness (QED) is 0.804. The predicted octanol–water partition coefficient (Wildman–Crippen LogP) is 1.50. The molecule has 6 nitrogen and oxygen atoms in total. The number of carboxylic acids is 1. The molecule has 0 aromatic heterocycles. The van der Waals surface area contributed by atoms with Crippen LogP contribution in [0.3, 0.4) is 0 Å². The zero-order valence-electron chi connectivity index (χ0n) is 11.9. The van der Waals surface area contributed by atoms with Gasteiger partial charge in [-0.3, -0.25) is 4.90 Å². The Kier molecular flexibility index (Phi) is 4.80. The minimum atomic E-state index is -0.936. The SMILES string of the molecule is CCC1SCC(C(=O)O)N1C(=O)NCC1(OC)CCC1. The molecule has 0 radical (unpaired) electrons. The van der Waals surface area contributed by atoms with Gasteiger partial charge in [0.2, 0.25) is 0 Å². The Balaban J connectivity index is 1.96. The van der Waals surface area contributed by atoms with Gasteiger partial charge < -0.3 is 15.2 Å². The topological polar surface area (TPSA) is 78.9 Å². The Morgan fingerprint density at radius 1 is 1.50 bits per heavy atom. The van der Waals surface area contributed by atoms with Crippen molar-refractivity contribution in [2.24, 2.45) is 0 Å². The largest absolute Gasteiger partial charge is 0.480 e. The fourth-order valence-corrected chi connectivity index (χ4v) is 4.04. The van der Waals surface area contributed by atoms with Gasteiger partial charge in [0.15, 0.2) is 0 Å². The number of methoxy groups -OCH3 is 1. The number of carbonyl (C=O) groups is 2. The molecule has 0 spiro atoms. The number of hydrogen-bond donors (Lipinski definition) is 2. The Morgan fingerprint density at radius 2 is 2.20 bits per heavy atom. The number of rotatable bonds is 5. The van der Waals surface area contributed by atoms with Crippen LogP contribution in [0.2, 0.25) is 0 Å². The highest BCUT2D eigenvalue weighted by molar-refractivity contribution is 8.00. The zero-order chi connectivity index (χ0) is 14.8. The van der Waals surface area contributed by atoms with E-state index in [0.717, 1.165) is 25.7 Å². The number of nitrogens with one attached hydrogen (secondary N) is 1. The van der Waals surface area contributed by atoms with E-state index in [9.17, 15) is 14.7 Å². The molecule has 0 aromatic carbocycles. The van der Waals surface area contributed by atoms with Crippen LogP contribution in [-0.2, 0) is 9.53 Å². The minimum absolute atomic E-state index is 0.0593. The number of amides is 2. The molecule has 0 aromatic rings. The molecule has 2 rings (SSSR count). The summed E-state index contributed by atoms with van der Waals surface area (Å²) in [6.45, 7) is 2.41. The van der Waals surface area contributed by atoms with Gasteiger partial charge in [0, 0.05) is 19.4 Å².